The Balaban J connectivity index is 2.07. The van der Waals surface area contributed by atoms with Gasteiger partial charge in [-0.3, -0.25) is 0 Å². The highest BCUT2D eigenvalue weighted by Gasteiger charge is 2.05. The molecule has 0 aliphatic carbocycles. The van der Waals surface area contributed by atoms with Gasteiger partial charge in [-0.2, -0.15) is 0 Å². The van der Waals surface area contributed by atoms with Crippen LogP contribution >= 0.6 is 0 Å². The Bertz CT molecular complexity index is 579. The van der Waals surface area contributed by atoms with E-state index in [1.165, 1.54) is 0 Å². The molecular formula is C17H21NO2. The van der Waals surface area contributed by atoms with Crippen LogP contribution in [0.15, 0.2) is 42.5 Å². The molecule has 2 rings (SSSR count). The monoisotopic (exact) mass is 271 g/mol. The lowest BCUT2D eigenvalue weighted by Crippen LogP contribution is -2.05. The average molecular weight is 271 g/mol. The molecule has 0 aliphatic heterocycles. The van der Waals surface area contributed by atoms with Gasteiger partial charge in [0.05, 0.1) is 7.11 Å². The van der Waals surface area contributed by atoms with Gasteiger partial charge in [0.25, 0.3) is 0 Å². The molecule has 0 saturated carbocycles. The molecule has 0 heterocycles. The summed E-state index contributed by atoms with van der Waals surface area (Å²) in [6.07, 6.45) is 0. The molecule has 0 aromatic heterocycles. The molecule has 0 unspecified atom stereocenters. The largest absolute Gasteiger partial charge is 0.497 e. The van der Waals surface area contributed by atoms with Gasteiger partial charge >= 0.3 is 0 Å². The minimum atomic E-state index is 0.0427. The predicted octanol–water partition coefficient (Wildman–Crippen LogP) is 3.60. The Morgan fingerprint density at radius 3 is 2.60 bits per heavy atom. The van der Waals surface area contributed by atoms with E-state index in [1.807, 2.05) is 50.2 Å². The lowest BCUT2D eigenvalue weighted by atomic mass is 10.1. The van der Waals surface area contributed by atoms with Crippen LogP contribution in [0.2, 0.25) is 0 Å². The van der Waals surface area contributed by atoms with E-state index in [4.69, 9.17) is 15.2 Å². The summed E-state index contributed by atoms with van der Waals surface area (Å²) < 4.78 is 11.1. The van der Waals surface area contributed by atoms with E-state index in [-0.39, 0.29) is 6.04 Å². The van der Waals surface area contributed by atoms with Crippen LogP contribution in [0.1, 0.15) is 29.7 Å². The summed E-state index contributed by atoms with van der Waals surface area (Å²) in [4.78, 5) is 0. The van der Waals surface area contributed by atoms with Crippen molar-refractivity contribution >= 4 is 0 Å². The minimum Gasteiger partial charge on any atom is -0.497 e. The number of rotatable bonds is 5. The van der Waals surface area contributed by atoms with E-state index in [1.54, 1.807) is 7.11 Å². The maximum absolute atomic E-state index is 5.87. The maximum Gasteiger partial charge on any atom is 0.122 e. The van der Waals surface area contributed by atoms with Gasteiger partial charge in [0.15, 0.2) is 0 Å². The van der Waals surface area contributed by atoms with Gasteiger partial charge in [0.1, 0.15) is 18.1 Å². The molecule has 0 fully saturated rings. The Labute approximate surface area is 120 Å². The fraction of sp³-hybridized carbons (Fsp3) is 0.294. The molecule has 3 heteroatoms. The molecule has 0 bridgehead atoms. The number of hydrogen-bond donors (Lipinski definition) is 1. The summed E-state index contributed by atoms with van der Waals surface area (Å²) in [5.74, 6) is 1.73. The van der Waals surface area contributed by atoms with Crippen molar-refractivity contribution < 1.29 is 9.47 Å². The summed E-state index contributed by atoms with van der Waals surface area (Å²) in [6, 6.07) is 14.0. The number of nitrogens with two attached hydrogens (primary N) is 1. The normalized spacial score (nSPS) is 12.0. The van der Waals surface area contributed by atoms with Crippen molar-refractivity contribution in [1.29, 1.82) is 0 Å². The highest BCUT2D eigenvalue weighted by Crippen LogP contribution is 2.23. The molecule has 0 radical (unpaired) electrons. The Kier molecular flexibility index (Phi) is 4.64. The average Bonchev–Trinajstić information content (AvgIpc) is 2.46. The van der Waals surface area contributed by atoms with Crippen LogP contribution in [0, 0.1) is 6.92 Å². The second-order valence-corrected chi connectivity index (χ2v) is 4.95. The van der Waals surface area contributed by atoms with Gasteiger partial charge in [0, 0.05) is 6.04 Å². The maximum atomic E-state index is 5.87. The van der Waals surface area contributed by atoms with E-state index < -0.39 is 0 Å². The molecule has 2 aromatic carbocycles. The van der Waals surface area contributed by atoms with Gasteiger partial charge in [-0.15, -0.1) is 0 Å². The van der Waals surface area contributed by atoms with E-state index in [0.29, 0.717) is 6.61 Å². The third-order valence-electron chi connectivity index (χ3n) is 3.25. The van der Waals surface area contributed by atoms with Crippen molar-refractivity contribution in [2.24, 2.45) is 5.73 Å². The quantitative estimate of drug-likeness (QED) is 0.903. The molecule has 0 spiro atoms. The molecule has 1 atom stereocenters. The first-order chi connectivity index (χ1) is 9.60. The fourth-order valence-electron chi connectivity index (χ4n) is 2.04. The molecule has 2 N–H and O–H groups in total. The van der Waals surface area contributed by atoms with Gasteiger partial charge < -0.3 is 15.2 Å². The lowest BCUT2D eigenvalue weighted by Gasteiger charge is -2.12. The van der Waals surface area contributed by atoms with Crippen molar-refractivity contribution in [3.8, 4) is 11.5 Å². The Morgan fingerprint density at radius 2 is 1.95 bits per heavy atom. The molecule has 106 valence electrons. The summed E-state index contributed by atoms with van der Waals surface area (Å²) in [6.45, 7) is 4.54. The van der Waals surface area contributed by atoms with Crippen molar-refractivity contribution in [2.45, 2.75) is 26.5 Å². The summed E-state index contributed by atoms with van der Waals surface area (Å²) in [5, 5.41) is 0. The molecule has 3 nitrogen and oxygen atoms in total. The Morgan fingerprint density at radius 1 is 1.15 bits per heavy atom. The second kappa shape index (κ2) is 6.44. The van der Waals surface area contributed by atoms with Gasteiger partial charge in [-0.25, -0.2) is 0 Å². The van der Waals surface area contributed by atoms with E-state index in [2.05, 4.69) is 6.07 Å². The number of methoxy groups -OCH3 is 1. The number of hydrogen-bond acceptors (Lipinski definition) is 3. The lowest BCUT2D eigenvalue weighted by molar-refractivity contribution is 0.303. The SMILES string of the molecule is COc1cccc(COc2ccc([C@@H](C)N)cc2C)c1. The summed E-state index contributed by atoms with van der Waals surface area (Å²) >= 11 is 0. The van der Waals surface area contributed by atoms with E-state index in [9.17, 15) is 0 Å². The van der Waals surface area contributed by atoms with Gasteiger partial charge in [-0.1, -0.05) is 24.3 Å². The van der Waals surface area contributed by atoms with Crippen LogP contribution in [0.25, 0.3) is 0 Å². The van der Waals surface area contributed by atoms with Crippen molar-refractivity contribution in [3.05, 3.63) is 59.2 Å². The topological polar surface area (TPSA) is 44.5 Å². The van der Waals surface area contributed by atoms with Crippen LogP contribution in [0.3, 0.4) is 0 Å². The van der Waals surface area contributed by atoms with Crippen molar-refractivity contribution in [1.82, 2.24) is 0 Å². The van der Waals surface area contributed by atoms with Gasteiger partial charge in [0.2, 0.25) is 0 Å². The zero-order chi connectivity index (χ0) is 14.5. The molecule has 20 heavy (non-hydrogen) atoms. The summed E-state index contributed by atoms with van der Waals surface area (Å²) in [5.41, 5.74) is 9.18. The van der Waals surface area contributed by atoms with E-state index in [0.717, 1.165) is 28.2 Å². The highest BCUT2D eigenvalue weighted by molar-refractivity contribution is 5.37. The van der Waals surface area contributed by atoms with Crippen LogP contribution in [-0.2, 0) is 6.61 Å². The molecule has 2 aromatic rings. The molecule has 0 saturated heterocycles. The first kappa shape index (κ1) is 14.4. The van der Waals surface area contributed by atoms with Crippen LogP contribution in [0.5, 0.6) is 11.5 Å². The second-order valence-electron chi connectivity index (χ2n) is 4.95. The Hall–Kier alpha value is -2.00. The first-order valence-corrected chi connectivity index (χ1v) is 6.72. The molecule has 0 aliphatic rings. The van der Waals surface area contributed by atoms with Crippen LogP contribution in [0.4, 0.5) is 0 Å². The minimum absolute atomic E-state index is 0.0427. The number of aryl methyl sites for hydroxylation is 1. The van der Waals surface area contributed by atoms with Crippen molar-refractivity contribution in [3.63, 3.8) is 0 Å². The zero-order valence-corrected chi connectivity index (χ0v) is 12.2. The zero-order valence-electron chi connectivity index (χ0n) is 12.2. The van der Waals surface area contributed by atoms with Crippen LogP contribution < -0.4 is 15.2 Å². The highest BCUT2D eigenvalue weighted by atomic mass is 16.5. The van der Waals surface area contributed by atoms with Gasteiger partial charge in [-0.05, 0) is 48.7 Å². The first-order valence-electron chi connectivity index (χ1n) is 6.72. The number of benzene rings is 2. The summed E-state index contributed by atoms with van der Waals surface area (Å²) in [7, 11) is 1.66. The van der Waals surface area contributed by atoms with Crippen molar-refractivity contribution in [2.75, 3.05) is 7.11 Å². The van der Waals surface area contributed by atoms with E-state index >= 15 is 0 Å². The molecular weight excluding hydrogens is 250 g/mol. The fourth-order valence-corrected chi connectivity index (χ4v) is 2.04. The smallest absolute Gasteiger partial charge is 0.122 e. The molecule has 0 amide bonds. The standard InChI is InChI=1S/C17H21NO2/c1-12-9-15(13(2)18)7-8-17(12)20-11-14-5-4-6-16(10-14)19-3/h4-10,13H,11,18H2,1-3H3/t13-/m1/s1. The number of ether oxygens (including phenoxy) is 2. The third-order valence-corrected chi connectivity index (χ3v) is 3.25. The predicted molar refractivity (Wildman–Crippen MR) is 81.1 cm³/mol. The third kappa shape index (κ3) is 3.52. The van der Waals surface area contributed by atoms with Crippen LogP contribution in [-0.4, -0.2) is 7.11 Å².